The van der Waals surface area contributed by atoms with Gasteiger partial charge in [-0.05, 0) is 72.4 Å². The average molecular weight is 461 g/mol. The zero-order chi connectivity index (χ0) is 20.6. The van der Waals surface area contributed by atoms with Crippen LogP contribution in [0.2, 0.25) is 0 Å². The Morgan fingerprint density at radius 2 is 1.79 bits per heavy atom. The van der Waals surface area contributed by atoms with Gasteiger partial charge >= 0.3 is 0 Å². The average Bonchev–Trinajstić information content (AvgIpc) is 2.75. The van der Waals surface area contributed by atoms with E-state index in [0.717, 1.165) is 30.4 Å². The van der Waals surface area contributed by atoms with Gasteiger partial charge in [0, 0.05) is 23.1 Å². The van der Waals surface area contributed by atoms with Gasteiger partial charge in [0.15, 0.2) is 18.1 Å². The van der Waals surface area contributed by atoms with Crippen molar-refractivity contribution in [2.24, 2.45) is 0 Å². The van der Waals surface area contributed by atoms with Crippen molar-refractivity contribution in [1.29, 1.82) is 0 Å². The fraction of sp³-hybridized carbons (Fsp3) is 0.364. The third kappa shape index (κ3) is 5.73. The topological polar surface area (TPSA) is 67.9 Å². The molecule has 0 bridgehead atoms. The standard InChI is InChI=1S/C22H25BrN2O4/c1-2-28-20-14-16(22(27)24-18-9-5-4-8-17(18)23)10-11-19(20)29-15-21(26)25-12-6-3-7-13-25/h4-5,8-11,14H,2-3,6-7,12-13,15H2,1H3,(H,24,27). The van der Waals surface area contributed by atoms with Gasteiger partial charge < -0.3 is 19.7 Å². The van der Waals surface area contributed by atoms with Gasteiger partial charge in [0.05, 0.1) is 12.3 Å². The number of nitrogens with one attached hydrogen (secondary N) is 1. The van der Waals surface area contributed by atoms with Crippen LogP contribution in [-0.2, 0) is 4.79 Å². The van der Waals surface area contributed by atoms with Crippen LogP contribution in [0.3, 0.4) is 0 Å². The molecule has 0 aromatic heterocycles. The summed E-state index contributed by atoms with van der Waals surface area (Å²) >= 11 is 3.42. The van der Waals surface area contributed by atoms with E-state index in [9.17, 15) is 9.59 Å². The monoisotopic (exact) mass is 460 g/mol. The van der Waals surface area contributed by atoms with Gasteiger partial charge in [-0.3, -0.25) is 9.59 Å². The molecule has 154 valence electrons. The molecule has 1 aliphatic rings. The van der Waals surface area contributed by atoms with E-state index in [1.54, 1.807) is 18.2 Å². The van der Waals surface area contributed by atoms with E-state index >= 15 is 0 Å². The van der Waals surface area contributed by atoms with Crippen molar-refractivity contribution in [3.8, 4) is 11.5 Å². The third-order valence-corrected chi connectivity index (χ3v) is 5.38. The zero-order valence-electron chi connectivity index (χ0n) is 16.4. The molecule has 1 saturated heterocycles. The first-order valence-electron chi connectivity index (χ1n) is 9.81. The number of likely N-dealkylation sites (tertiary alicyclic amines) is 1. The van der Waals surface area contributed by atoms with Gasteiger partial charge in [0.2, 0.25) is 0 Å². The molecule has 2 aromatic rings. The van der Waals surface area contributed by atoms with E-state index in [2.05, 4.69) is 21.2 Å². The summed E-state index contributed by atoms with van der Waals surface area (Å²) in [4.78, 5) is 26.8. The van der Waals surface area contributed by atoms with Crippen molar-refractivity contribution in [3.63, 3.8) is 0 Å². The second-order valence-electron chi connectivity index (χ2n) is 6.76. The van der Waals surface area contributed by atoms with E-state index in [-0.39, 0.29) is 18.4 Å². The van der Waals surface area contributed by atoms with Crippen molar-refractivity contribution >= 4 is 33.4 Å². The third-order valence-electron chi connectivity index (χ3n) is 4.69. The van der Waals surface area contributed by atoms with E-state index in [1.807, 2.05) is 36.1 Å². The van der Waals surface area contributed by atoms with Gasteiger partial charge in [0.1, 0.15) is 0 Å². The number of carbonyl (C=O) groups is 2. The minimum atomic E-state index is -0.256. The number of anilines is 1. The molecule has 1 N–H and O–H groups in total. The Bertz CT molecular complexity index is 866. The van der Waals surface area contributed by atoms with Gasteiger partial charge in [-0.1, -0.05) is 12.1 Å². The molecule has 29 heavy (non-hydrogen) atoms. The molecule has 7 heteroatoms. The van der Waals surface area contributed by atoms with Gasteiger partial charge in [-0.25, -0.2) is 0 Å². The van der Waals surface area contributed by atoms with Gasteiger partial charge in [-0.2, -0.15) is 0 Å². The molecule has 6 nitrogen and oxygen atoms in total. The van der Waals surface area contributed by atoms with Crippen LogP contribution in [0, 0.1) is 0 Å². The summed E-state index contributed by atoms with van der Waals surface area (Å²) in [7, 11) is 0. The molecule has 1 heterocycles. The largest absolute Gasteiger partial charge is 0.490 e. The normalized spacial score (nSPS) is 13.7. The maximum Gasteiger partial charge on any atom is 0.260 e. The highest BCUT2D eigenvalue weighted by Crippen LogP contribution is 2.29. The predicted octanol–water partition coefficient (Wildman–Crippen LogP) is 4.49. The molecule has 0 spiro atoms. The van der Waals surface area contributed by atoms with Crippen molar-refractivity contribution in [2.75, 3.05) is 31.6 Å². The lowest BCUT2D eigenvalue weighted by Gasteiger charge is -2.26. The number of amides is 2. The summed E-state index contributed by atoms with van der Waals surface area (Å²) in [6.07, 6.45) is 3.25. The van der Waals surface area contributed by atoms with Crippen LogP contribution in [0.5, 0.6) is 11.5 Å². The predicted molar refractivity (Wildman–Crippen MR) is 116 cm³/mol. The lowest BCUT2D eigenvalue weighted by Crippen LogP contribution is -2.38. The molecular formula is C22H25BrN2O4. The number of halogens is 1. The molecule has 2 aromatic carbocycles. The number of nitrogens with zero attached hydrogens (tertiary/aromatic N) is 1. The van der Waals surface area contributed by atoms with E-state index in [0.29, 0.717) is 29.4 Å². The first-order chi connectivity index (χ1) is 14.1. The van der Waals surface area contributed by atoms with E-state index < -0.39 is 0 Å². The number of ether oxygens (including phenoxy) is 2. The Morgan fingerprint density at radius 1 is 1.03 bits per heavy atom. The molecule has 0 radical (unpaired) electrons. The van der Waals surface area contributed by atoms with Crippen LogP contribution < -0.4 is 14.8 Å². The Morgan fingerprint density at radius 3 is 2.52 bits per heavy atom. The van der Waals surface area contributed by atoms with Crippen molar-refractivity contribution in [3.05, 3.63) is 52.5 Å². The van der Waals surface area contributed by atoms with Crippen LogP contribution in [0.15, 0.2) is 46.9 Å². The first-order valence-corrected chi connectivity index (χ1v) is 10.6. The Hall–Kier alpha value is -2.54. The summed E-state index contributed by atoms with van der Waals surface area (Å²) in [6.45, 7) is 3.81. The fourth-order valence-electron chi connectivity index (χ4n) is 3.17. The van der Waals surface area contributed by atoms with Gasteiger partial charge in [0.25, 0.3) is 11.8 Å². The zero-order valence-corrected chi connectivity index (χ0v) is 18.0. The second kappa shape index (κ2) is 10.3. The van der Waals surface area contributed by atoms with Crippen molar-refractivity contribution in [2.45, 2.75) is 26.2 Å². The number of benzene rings is 2. The summed E-state index contributed by atoms with van der Waals surface area (Å²) in [6, 6.07) is 12.4. The molecular weight excluding hydrogens is 436 g/mol. The molecule has 3 rings (SSSR count). The SMILES string of the molecule is CCOc1cc(C(=O)Nc2ccccc2Br)ccc1OCC(=O)N1CCCCC1. The Kier molecular flexibility index (Phi) is 7.52. The Labute approximate surface area is 179 Å². The van der Waals surface area contributed by atoms with Crippen molar-refractivity contribution < 1.29 is 19.1 Å². The number of hydrogen-bond donors (Lipinski definition) is 1. The first kappa shape index (κ1) is 21.2. The van der Waals surface area contributed by atoms with Crippen LogP contribution >= 0.6 is 15.9 Å². The minimum absolute atomic E-state index is 0.0251. The number of carbonyl (C=O) groups excluding carboxylic acids is 2. The minimum Gasteiger partial charge on any atom is -0.490 e. The van der Waals surface area contributed by atoms with Crippen LogP contribution in [0.4, 0.5) is 5.69 Å². The van der Waals surface area contributed by atoms with Crippen LogP contribution in [-0.4, -0.2) is 43.0 Å². The second-order valence-corrected chi connectivity index (χ2v) is 7.61. The number of piperidine rings is 1. The summed E-state index contributed by atoms with van der Waals surface area (Å²) in [5, 5.41) is 2.87. The lowest BCUT2D eigenvalue weighted by molar-refractivity contribution is -0.134. The molecule has 0 saturated carbocycles. The molecule has 2 amide bonds. The number of para-hydroxylation sites is 1. The summed E-state index contributed by atoms with van der Waals surface area (Å²) < 4.78 is 12.2. The van der Waals surface area contributed by atoms with E-state index in [4.69, 9.17) is 9.47 Å². The molecule has 0 atom stereocenters. The van der Waals surface area contributed by atoms with Crippen LogP contribution in [0.1, 0.15) is 36.5 Å². The quantitative estimate of drug-likeness (QED) is 0.660. The molecule has 0 aliphatic carbocycles. The number of hydrogen-bond acceptors (Lipinski definition) is 4. The maximum absolute atomic E-state index is 12.6. The Balaban J connectivity index is 1.68. The van der Waals surface area contributed by atoms with Crippen molar-refractivity contribution in [1.82, 2.24) is 4.90 Å². The highest BCUT2D eigenvalue weighted by atomic mass is 79.9. The molecule has 1 aliphatic heterocycles. The van der Waals surface area contributed by atoms with Crippen LogP contribution in [0.25, 0.3) is 0 Å². The molecule has 0 unspecified atom stereocenters. The lowest BCUT2D eigenvalue weighted by atomic mass is 10.1. The smallest absolute Gasteiger partial charge is 0.260 e. The fourth-order valence-corrected chi connectivity index (χ4v) is 3.55. The number of rotatable bonds is 7. The summed E-state index contributed by atoms with van der Waals surface area (Å²) in [5.41, 5.74) is 1.13. The highest BCUT2D eigenvalue weighted by Gasteiger charge is 2.18. The molecule has 1 fully saturated rings. The van der Waals surface area contributed by atoms with E-state index in [1.165, 1.54) is 6.42 Å². The van der Waals surface area contributed by atoms with Gasteiger partial charge in [-0.15, -0.1) is 0 Å². The summed E-state index contributed by atoms with van der Waals surface area (Å²) in [5.74, 6) is 0.616. The highest BCUT2D eigenvalue weighted by molar-refractivity contribution is 9.10. The maximum atomic E-state index is 12.6.